The molecule has 0 aliphatic carbocycles. The van der Waals surface area contributed by atoms with Crippen LogP contribution < -0.4 is 37.6 Å². The van der Waals surface area contributed by atoms with Gasteiger partial charge in [0, 0.05) is 43.9 Å². The van der Waals surface area contributed by atoms with E-state index in [1.54, 1.807) is 38.1 Å². The smallest absolute Gasteiger partial charge is 0.312 e. The van der Waals surface area contributed by atoms with E-state index < -0.39 is 35.3 Å². The van der Waals surface area contributed by atoms with E-state index in [9.17, 15) is 28.8 Å². The fourth-order valence-electron chi connectivity index (χ4n) is 3.82. The minimum absolute atomic E-state index is 0.0249. The van der Waals surface area contributed by atoms with Crippen molar-refractivity contribution in [3.8, 4) is 0 Å². The summed E-state index contributed by atoms with van der Waals surface area (Å²) in [6.45, 7) is 3.81. The van der Waals surface area contributed by atoms with Crippen LogP contribution in [0, 0.1) is 5.92 Å². The molecule has 0 saturated carbocycles. The van der Waals surface area contributed by atoms with Gasteiger partial charge in [-0.2, -0.15) is 0 Å². The van der Waals surface area contributed by atoms with E-state index >= 15 is 0 Å². The first-order valence-electron chi connectivity index (χ1n) is 12.2. The van der Waals surface area contributed by atoms with Crippen molar-refractivity contribution < 1.29 is 28.8 Å². The lowest BCUT2D eigenvalue weighted by molar-refractivity contribution is -0.132. The van der Waals surface area contributed by atoms with Gasteiger partial charge in [-0.05, 0) is 43.0 Å². The van der Waals surface area contributed by atoms with Crippen molar-refractivity contribution in [3.05, 3.63) is 36.4 Å². The SMILES string of the molecule is CC(C)[C@H](NC(=O)CCN)C(=O)N[C@](C=O)(CCCNC(N)=O)CNc1ccc(N2C(=O)C=CC2=O)cc1. The minimum Gasteiger partial charge on any atom is -0.382 e. The van der Waals surface area contributed by atoms with Crippen LogP contribution in [0.2, 0.25) is 0 Å². The van der Waals surface area contributed by atoms with E-state index in [0.29, 0.717) is 24.1 Å². The Labute approximate surface area is 220 Å². The van der Waals surface area contributed by atoms with Crippen LogP contribution in [0.25, 0.3) is 0 Å². The van der Waals surface area contributed by atoms with Gasteiger partial charge in [-0.1, -0.05) is 13.8 Å². The number of nitrogens with one attached hydrogen (secondary N) is 4. The fraction of sp³-hybridized carbons (Fsp3) is 0.440. The Morgan fingerprint density at radius 3 is 2.24 bits per heavy atom. The Kier molecular flexibility index (Phi) is 10.9. The molecular formula is C25H35N7O6. The Morgan fingerprint density at radius 2 is 1.71 bits per heavy atom. The van der Waals surface area contributed by atoms with Crippen molar-refractivity contribution in [1.82, 2.24) is 16.0 Å². The first-order valence-corrected chi connectivity index (χ1v) is 12.2. The second-order valence-corrected chi connectivity index (χ2v) is 9.23. The van der Waals surface area contributed by atoms with Crippen LogP contribution in [0.15, 0.2) is 36.4 Å². The zero-order chi connectivity index (χ0) is 28.3. The van der Waals surface area contributed by atoms with Crippen molar-refractivity contribution in [2.24, 2.45) is 17.4 Å². The number of amides is 6. The van der Waals surface area contributed by atoms with Crippen LogP contribution in [0.5, 0.6) is 0 Å². The van der Waals surface area contributed by atoms with Gasteiger partial charge in [0.25, 0.3) is 11.8 Å². The van der Waals surface area contributed by atoms with Crippen LogP contribution >= 0.6 is 0 Å². The van der Waals surface area contributed by atoms with E-state index in [0.717, 1.165) is 4.90 Å². The van der Waals surface area contributed by atoms with Crippen LogP contribution in [0.1, 0.15) is 33.1 Å². The second kappa shape index (κ2) is 13.9. The minimum atomic E-state index is -1.40. The van der Waals surface area contributed by atoms with Crippen LogP contribution in [0.4, 0.5) is 16.2 Å². The number of urea groups is 1. The topological polar surface area (TPSA) is 206 Å². The molecule has 0 spiro atoms. The molecule has 0 saturated heterocycles. The summed E-state index contributed by atoms with van der Waals surface area (Å²) in [5, 5.41) is 11.0. The Bertz CT molecular complexity index is 1050. The van der Waals surface area contributed by atoms with Gasteiger partial charge in [0.1, 0.15) is 17.9 Å². The van der Waals surface area contributed by atoms with E-state index in [4.69, 9.17) is 11.5 Å². The number of aldehydes is 1. The fourth-order valence-corrected chi connectivity index (χ4v) is 3.82. The number of carbonyl (C=O) groups is 6. The predicted octanol–water partition coefficient (Wildman–Crippen LogP) is -0.480. The van der Waals surface area contributed by atoms with Crippen LogP contribution in [0.3, 0.4) is 0 Å². The predicted molar refractivity (Wildman–Crippen MR) is 141 cm³/mol. The first-order chi connectivity index (χ1) is 18.0. The second-order valence-electron chi connectivity index (χ2n) is 9.23. The average molecular weight is 530 g/mol. The average Bonchev–Trinajstić information content (AvgIpc) is 3.21. The molecule has 1 aliphatic rings. The van der Waals surface area contributed by atoms with Gasteiger partial charge in [-0.25, -0.2) is 9.69 Å². The molecule has 0 aromatic heterocycles. The summed E-state index contributed by atoms with van der Waals surface area (Å²) in [5.41, 5.74) is 10.1. The van der Waals surface area contributed by atoms with Gasteiger partial charge < -0.3 is 37.5 Å². The molecular weight excluding hydrogens is 494 g/mol. The molecule has 2 atom stereocenters. The molecule has 1 aliphatic heterocycles. The number of benzene rings is 1. The molecule has 0 unspecified atom stereocenters. The Hall–Kier alpha value is -4.26. The number of hydrogen-bond acceptors (Lipinski definition) is 8. The molecule has 13 nitrogen and oxygen atoms in total. The summed E-state index contributed by atoms with van der Waals surface area (Å²) in [7, 11) is 0. The number of anilines is 2. The molecule has 2 rings (SSSR count). The van der Waals surface area contributed by atoms with Crippen LogP contribution in [-0.2, 0) is 24.0 Å². The normalized spacial score (nSPS) is 15.1. The van der Waals surface area contributed by atoms with Gasteiger partial charge in [0.05, 0.1) is 5.69 Å². The monoisotopic (exact) mass is 529 g/mol. The number of primary amides is 1. The number of hydrogen-bond donors (Lipinski definition) is 6. The molecule has 1 heterocycles. The lowest BCUT2D eigenvalue weighted by Crippen LogP contribution is -2.60. The third-order valence-electron chi connectivity index (χ3n) is 5.88. The van der Waals surface area contributed by atoms with Crippen molar-refractivity contribution in [3.63, 3.8) is 0 Å². The summed E-state index contributed by atoms with van der Waals surface area (Å²) < 4.78 is 0. The molecule has 206 valence electrons. The maximum absolute atomic E-state index is 13.2. The standard InChI is InChI=1S/C25H35N7O6/c1-16(2)22(30-19(34)10-12-26)23(37)31-25(15-33,11-3-13-28-24(27)38)14-29-17-4-6-18(7-5-17)32-20(35)8-9-21(32)36/h4-9,15-16,22,29H,3,10-14,26H2,1-2H3,(H,30,34)(H,31,37)(H3,27,28,38)/t22-,25+/m0/s1. The lowest BCUT2D eigenvalue weighted by Gasteiger charge is -2.33. The van der Waals surface area contributed by atoms with Crippen LogP contribution in [-0.4, -0.2) is 67.2 Å². The quantitative estimate of drug-likeness (QED) is 0.0991. The van der Waals surface area contributed by atoms with E-state index in [-0.39, 0.29) is 44.3 Å². The highest BCUT2D eigenvalue weighted by Crippen LogP contribution is 2.22. The maximum Gasteiger partial charge on any atom is 0.312 e. The largest absolute Gasteiger partial charge is 0.382 e. The number of rotatable bonds is 15. The van der Waals surface area contributed by atoms with Gasteiger partial charge in [-0.15, -0.1) is 0 Å². The Morgan fingerprint density at radius 1 is 1.08 bits per heavy atom. The van der Waals surface area contributed by atoms with Gasteiger partial charge in [-0.3, -0.25) is 19.2 Å². The number of imide groups is 1. The van der Waals surface area contributed by atoms with Gasteiger partial charge >= 0.3 is 6.03 Å². The molecule has 1 aromatic rings. The molecule has 13 heteroatoms. The molecule has 1 aromatic carbocycles. The molecule has 0 fully saturated rings. The molecule has 38 heavy (non-hydrogen) atoms. The summed E-state index contributed by atoms with van der Waals surface area (Å²) in [5.74, 6) is -2.09. The van der Waals surface area contributed by atoms with Crippen molar-refractivity contribution in [1.29, 1.82) is 0 Å². The van der Waals surface area contributed by atoms with E-state index in [1.807, 2.05) is 0 Å². The maximum atomic E-state index is 13.2. The van der Waals surface area contributed by atoms with E-state index in [1.165, 1.54) is 12.2 Å². The third kappa shape index (κ3) is 8.40. The molecule has 0 bridgehead atoms. The first kappa shape index (κ1) is 30.0. The summed E-state index contributed by atoms with van der Waals surface area (Å²) in [4.78, 5) is 73.5. The summed E-state index contributed by atoms with van der Waals surface area (Å²) >= 11 is 0. The van der Waals surface area contributed by atoms with Gasteiger partial charge in [0.2, 0.25) is 11.8 Å². The highest BCUT2D eigenvalue weighted by Gasteiger charge is 2.35. The third-order valence-corrected chi connectivity index (χ3v) is 5.88. The number of nitrogens with zero attached hydrogens (tertiary/aromatic N) is 1. The molecule has 6 amide bonds. The lowest BCUT2D eigenvalue weighted by atomic mass is 9.92. The highest BCUT2D eigenvalue weighted by atomic mass is 16.2. The number of carbonyl (C=O) groups excluding carboxylic acids is 6. The van der Waals surface area contributed by atoms with Crippen molar-refractivity contribution in [2.75, 3.05) is 29.9 Å². The zero-order valence-corrected chi connectivity index (χ0v) is 21.5. The molecule has 0 radical (unpaired) electrons. The van der Waals surface area contributed by atoms with E-state index in [2.05, 4.69) is 21.3 Å². The number of nitrogens with two attached hydrogens (primary N) is 2. The summed E-state index contributed by atoms with van der Waals surface area (Å²) in [6, 6.07) is 4.79. The van der Waals surface area contributed by atoms with Crippen molar-refractivity contribution >= 4 is 47.3 Å². The van der Waals surface area contributed by atoms with Gasteiger partial charge in [0.15, 0.2) is 0 Å². The van der Waals surface area contributed by atoms with Crippen molar-refractivity contribution in [2.45, 2.75) is 44.7 Å². The highest BCUT2D eigenvalue weighted by molar-refractivity contribution is 6.28. The Balaban J connectivity index is 2.18. The zero-order valence-electron chi connectivity index (χ0n) is 21.5. The summed E-state index contributed by atoms with van der Waals surface area (Å²) in [6.07, 6.45) is 3.51. The molecule has 8 N–H and O–H groups in total.